The van der Waals surface area contributed by atoms with Crippen molar-refractivity contribution in [1.29, 1.82) is 0 Å². The molecule has 5 heteroatoms. The Hall–Kier alpha value is -3.34. The number of rotatable bonds is 6. The molecule has 2 aromatic carbocycles. The minimum absolute atomic E-state index is 0.108. The molecule has 26 heavy (non-hydrogen) atoms. The Balaban J connectivity index is 2.06. The number of aliphatic imine (C=N–C) groups is 1. The highest BCUT2D eigenvalue weighted by Gasteiger charge is 2.17. The molecule has 1 atom stereocenters. The summed E-state index contributed by atoms with van der Waals surface area (Å²) in [6, 6.07) is 19.4. The number of nitrogens with zero attached hydrogens (tertiary/aromatic N) is 3. The highest BCUT2D eigenvalue weighted by molar-refractivity contribution is 6.13. The summed E-state index contributed by atoms with van der Waals surface area (Å²) in [5.74, 6) is -0.352. The van der Waals surface area contributed by atoms with E-state index in [4.69, 9.17) is 9.73 Å². The number of benzene rings is 2. The Bertz CT molecular complexity index is 824. The van der Waals surface area contributed by atoms with Crippen molar-refractivity contribution < 1.29 is 9.53 Å². The number of aromatic nitrogens is 2. The van der Waals surface area contributed by atoms with E-state index in [0.717, 1.165) is 16.8 Å². The molecule has 0 radical (unpaired) electrons. The van der Waals surface area contributed by atoms with Crippen LogP contribution in [0.2, 0.25) is 0 Å². The first-order valence-electron chi connectivity index (χ1n) is 8.32. The Morgan fingerprint density at radius 1 is 1.00 bits per heavy atom. The third-order valence-corrected chi connectivity index (χ3v) is 3.75. The fourth-order valence-electron chi connectivity index (χ4n) is 2.53. The molecule has 0 saturated heterocycles. The van der Waals surface area contributed by atoms with Crippen LogP contribution in [0, 0.1) is 0 Å². The van der Waals surface area contributed by atoms with Gasteiger partial charge in [0.1, 0.15) is 12.6 Å². The smallest absolute Gasteiger partial charge is 0.302 e. The summed E-state index contributed by atoms with van der Waals surface area (Å²) in [6.45, 7) is 1.49. The Kier molecular flexibility index (Phi) is 5.83. The van der Waals surface area contributed by atoms with Crippen LogP contribution in [0.3, 0.4) is 0 Å². The van der Waals surface area contributed by atoms with Gasteiger partial charge in [0.25, 0.3) is 0 Å². The van der Waals surface area contributed by atoms with Crippen molar-refractivity contribution in [3.63, 3.8) is 0 Å². The second kappa shape index (κ2) is 8.67. The van der Waals surface area contributed by atoms with Gasteiger partial charge in [0.2, 0.25) is 0 Å². The number of hydrogen-bond acceptors (Lipinski definition) is 5. The van der Waals surface area contributed by atoms with Crippen LogP contribution in [0.4, 0.5) is 0 Å². The van der Waals surface area contributed by atoms with Gasteiger partial charge in [-0.3, -0.25) is 19.8 Å². The van der Waals surface area contributed by atoms with Gasteiger partial charge >= 0.3 is 5.97 Å². The lowest BCUT2D eigenvalue weighted by Gasteiger charge is -2.15. The summed E-state index contributed by atoms with van der Waals surface area (Å²) in [4.78, 5) is 24.6. The molecule has 0 aliphatic carbocycles. The molecule has 3 rings (SSSR count). The van der Waals surface area contributed by atoms with E-state index in [1.54, 1.807) is 18.6 Å². The number of carbonyl (C=O) groups excluding carboxylic acids is 1. The van der Waals surface area contributed by atoms with Gasteiger partial charge in [-0.1, -0.05) is 60.7 Å². The molecule has 0 bridgehead atoms. The number of hydrogen-bond donors (Lipinski definition) is 0. The topological polar surface area (TPSA) is 64.4 Å². The van der Waals surface area contributed by atoms with Crippen molar-refractivity contribution in [2.75, 3.05) is 6.61 Å². The van der Waals surface area contributed by atoms with Crippen LogP contribution in [-0.2, 0) is 9.53 Å². The Morgan fingerprint density at radius 2 is 1.62 bits per heavy atom. The average molecular weight is 345 g/mol. The average Bonchev–Trinajstić information content (AvgIpc) is 2.70. The molecule has 0 amide bonds. The summed E-state index contributed by atoms with van der Waals surface area (Å²) < 4.78 is 5.22. The predicted molar refractivity (Wildman–Crippen MR) is 99.9 cm³/mol. The van der Waals surface area contributed by atoms with E-state index in [9.17, 15) is 4.79 Å². The summed E-state index contributed by atoms with van der Waals surface area (Å²) in [5.41, 5.74) is 3.43. The zero-order valence-corrected chi connectivity index (χ0v) is 14.4. The Labute approximate surface area is 152 Å². The highest BCUT2D eigenvalue weighted by Crippen LogP contribution is 2.20. The van der Waals surface area contributed by atoms with Crippen molar-refractivity contribution in [2.24, 2.45) is 4.99 Å². The van der Waals surface area contributed by atoms with E-state index < -0.39 is 6.04 Å². The van der Waals surface area contributed by atoms with Crippen LogP contribution >= 0.6 is 0 Å². The van der Waals surface area contributed by atoms with Crippen LogP contribution in [0.25, 0.3) is 0 Å². The van der Waals surface area contributed by atoms with Gasteiger partial charge in [-0.25, -0.2) is 0 Å². The predicted octanol–water partition coefficient (Wildman–Crippen LogP) is 3.62. The maximum atomic E-state index is 11.3. The minimum Gasteiger partial charge on any atom is -0.463 e. The molecule has 0 spiro atoms. The zero-order valence-electron chi connectivity index (χ0n) is 14.4. The molecule has 1 heterocycles. The van der Waals surface area contributed by atoms with Crippen LogP contribution in [0.1, 0.15) is 29.8 Å². The van der Waals surface area contributed by atoms with Gasteiger partial charge in [-0.15, -0.1) is 0 Å². The molecule has 3 aromatic rings. The van der Waals surface area contributed by atoms with Crippen molar-refractivity contribution in [3.05, 3.63) is 96.1 Å². The molecule has 1 aromatic heterocycles. The molecular weight excluding hydrogens is 326 g/mol. The summed E-state index contributed by atoms with van der Waals surface area (Å²) in [5, 5.41) is 0. The zero-order chi connectivity index (χ0) is 18.2. The molecule has 0 N–H and O–H groups in total. The van der Waals surface area contributed by atoms with Gasteiger partial charge in [0, 0.05) is 30.4 Å². The van der Waals surface area contributed by atoms with Crippen molar-refractivity contribution in [3.8, 4) is 0 Å². The molecule has 0 aliphatic heterocycles. The van der Waals surface area contributed by atoms with Crippen molar-refractivity contribution in [2.45, 2.75) is 13.0 Å². The first-order chi connectivity index (χ1) is 12.7. The normalized spacial score (nSPS) is 11.4. The van der Waals surface area contributed by atoms with Gasteiger partial charge in [-0.2, -0.15) is 0 Å². The lowest BCUT2D eigenvalue weighted by atomic mass is 10.0. The second-order valence-corrected chi connectivity index (χ2v) is 5.66. The molecule has 0 fully saturated rings. The molecule has 0 aliphatic rings. The first kappa shape index (κ1) is 17.5. The van der Waals surface area contributed by atoms with Crippen molar-refractivity contribution in [1.82, 2.24) is 9.97 Å². The minimum atomic E-state index is -0.442. The number of ether oxygens (including phenoxy) is 1. The van der Waals surface area contributed by atoms with E-state index >= 15 is 0 Å². The SMILES string of the molecule is CC(=O)OCC(N=C(c1ccccc1)c1ccccc1)c1cnccn1. The molecule has 1 unspecified atom stereocenters. The van der Waals surface area contributed by atoms with E-state index in [-0.39, 0.29) is 12.6 Å². The van der Waals surface area contributed by atoms with Crippen LogP contribution in [-0.4, -0.2) is 28.3 Å². The molecule has 0 saturated carbocycles. The fraction of sp³-hybridized carbons (Fsp3) is 0.143. The summed E-state index contributed by atoms with van der Waals surface area (Å²) in [7, 11) is 0. The largest absolute Gasteiger partial charge is 0.463 e. The van der Waals surface area contributed by atoms with Crippen LogP contribution < -0.4 is 0 Å². The van der Waals surface area contributed by atoms with Crippen LogP contribution in [0.15, 0.2) is 84.2 Å². The second-order valence-electron chi connectivity index (χ2n) is 5.66. The monoisotopic (exact) mass is 345 g/mol. The third kappa shape index (κ3) is 4.60. The van der Waals surface area contributed by atoms with Gasteiger partial charge in [0.05, 0.1) is 17.6 Å². The lowest BCUT2D eigenvalue weighted by Crippen LogP contribution is -2.14. The van der Waals surface area contributed by atoms with E-state index in [1.165, 1.54) is 6.92 Å². The van der Waals surface area contributed by atoms with E-state index in [2.05, 4.69) is 9.97 Å². The maximum Gasteiger partial charge on any atom is 0.302 e. The lowest BCUT2D eigenvalue weighted by molar-refractivity contribution is -0.141. The molecular formula is C21H19N3O2. The maximum absolute atomic E-state index is 11.3. The third-order valence-electron chi connectivity index (χ3n) is 3.75. The van der Waals surface area contributed by atoms with E-state index in [0.29, 0.717) is 5.69 Å². The Morgan fingerprint density at radius 3 is 2.12 bits per heavy atom. The molecule has 5 nitrogen and oxygen atoms in total. The first-order valence-corrected chi connectivity index (χ1v) is 8.32. The van der Waals surface area contributed by atoms with Crippen molar-refractivity contribution >= 4 is 11.7 Å². The fourth-order valence-corrected chi connectivity index (χ4v) is 2.53. The van der Waals surface area contributed by atoms with Gasteiger partial charge in [0.15, 0.2) is 0 Å². The standard InChI is InChI=1S/C21H19N3O2/c1-16(25)26-15-20(19-14-22-12-13-23-19)24-21(17-8-4-2-5-9-17)18-10-6-3-7-11-18/h2-14,20H,15H2,1H3. The van der Waals surface area contributed by atoms with Gasteiger partial charge < -0.3 is 4.74 Å². The quantitative estimate of drug-likeness (QED) is 0.506. The molecule has 130 valence electrons. The summed E-state index contributed by atoms with van der Waals surface area (Å²) in [6.07, 6.45) is 4.85. The highest BCUT2D eigenvalue weighted by atomic mass is 16.5. The van der Waals surface area contributed by atoms with Crippen LogP contribution in [0.5, 0.6) is 0 Å². The number of carbonyl (C=O) groups is 1. The number of esters is 1. The summed E-state index contributed by atoms with van der Waals surface area (Å²) >= 11 is 0. The van der Waals surface area contributed by atoms with E-state index in [1.807, 2.05) is 60.7 Å². The van der Waals surface area contributed by atoms with Gasteiger partial charge in [-0.05, 0) is 0 Å².